The molecule has 0 saturated carbocycles. The van der Waals surface area contributed by atoms with E-state index in [4.69, 9.17) is 11.6 Å². The second-order valence-electron chi connectivity index (χ2n) is 5.13. The zero-order valence-corrected chi connectivity index (χ0v) is 12.7. The molecule has 0 radical (unpaired) electrons. The van der Waals surface area contributed by atoms with Gasteiger partial charge in [-0.2, -0.15) is 0 Å². The first-order valence-electron chi connectivity index (χ1n) is 6.60. The molecule has 3 rings (SSSR count). The second-order valence-corrected chi connectivity index (χ2v) is 6.83. The molecule has 1 heterocycles. The lowest BCUT2D eigenvalue weighted by Crippen LogP contribution is -2.22. The fraction of sp³-hybridized carbons (Fsp3) is 0.400. The SMILES string of the molecule is Cc1cnc([C@@H](C)N[C@@H]2CCc3cc(Cl)ccc32)s1. The molecule has 100 valence electrons. The fourth-order valence-corrected chi connectivity index (χ4v) is 3.68. The van der Waals surface area contributed by atoms with E-state index < -0.39 is 0 Å². The van der Waals surface area contributed by atoms with Crippen molar-refractivity contribution in [3.63, 3.8) is 0 Å². The van der Waals surface area contributed by atoms with Crippen LogP contribution < -0.4 is 5.32 Å². The van der Waals surface area contributed by atoms with Crippen LogP contribution in [0.15, 0.2) is 24.4 Å². The number of halogens is 1. The number of aromatic nitrogens is 1. The van der Waals surface area contributed by atoms with Crippen LogP contribution in [-0.4, -0.2) is 4.98 Å². The lowest BCUT2D eigenvalue weighted by Gasteiger charge is -2.18. The minimum atomic E-state index is 0.297. The van der Waals surface area contributed by atoms with Gasteiger partial charge in [-0.1, -0.05) is 17.7 Å². The molecule has 2 aromatic rings. The second kappa shape index (κ2) is 5.23. The molecular weight excluding hydrogens is 276 g/mol. The first kappa shape index (κ1) is 13.1. The van der Waals surface area contributed by atoms with Gasteiger partial charge in [0.05, 0.1) is 6.04 Å². The third-order valence-corrected chi connectivity index (χ3v) is 4.97. The summed E-state index contributed by atoms with van der Waals surface area (Å²) in [4.78, 5) is 5.73. The lowest BCUT2D eigenvalue weighted by atomic mass is 10.1. The standard InChI is InChI=1S/C15H17ClN2S/c1-9-8-17-15(19-9)10(2)18-14-6-3-11-7-12(16)4-5-13(11)14/h4-5,7-8,10,14,18H,3,6H2,1-2H3/t10-,14-/m1/s1. The Labute approximate surface area is 122 Å². The van der Waals surface area contributed by atoms with Crippen molar-refractivity contribution < 1.29 is 0 Å². The fourth-order valence-electron chi connectivity index (χ4n) is 2.70. The van der Waals surface area contributed by atoms with E-state index in [1.54, 1.807) is 11.3 Å². The Morgan fingerprint density at radius 2 is 2.32 bits per heavy atom. The quantitative estimate of drug-likeness (QED) is 0.904. The molecule has 0 aliphatic heterocycles. The van der Waals surface area contributed by atoms with Crippen LogP contribution in [0.5, 0.6) is 0 Å². The summed E-state index contributed by atoms with van der Waals surface area (Å²) >= 11 is 7.81. The Bertz CT molecular complexity index is 594. The number of aryl methyl sites for hydroxylation is 2. The van der Waals surface area contributed by atoms with Gasteiger partial charge in [-0.15, -0.1) is 11.3 Å². The van der Waals surface area contributed by atoms with Gasteiger partial charge in [0.1, 0.15) is 5.01 Å². The van der Waals surface area contributed by atoms with Gasteiger partial charge in [-0.3, -0.25) is 0 Å². The van der Waals surface area contributed by atoms with Crippen molar-refractivity contribution in [1.82, 2.24) is 10.3 Å². The molecule has 4 heteroatoms. The molecule has 19 heavy (non-hydrogen) atoms. The Balaban J connectivity index is 1.76. The molecule has 0 bridgehead atoms. The number of fused-ring (bicyclic) bond motifs is 1. The number of hydrogen-bond donors (Lipinski definition) is 1. The minimum Gasteiger partial charge on any atom is -0.301 e. The summed E-state index contributed by atoms with van der Waals surface area (Å²) in [7, 11) is 0. The molecular formula is C15H17ClN2S. The van der Waals surface area contributed by atoms with Gasteiger partial charge < -0.3 is 5.32 Å². The maximum atomic E-state index is 6.05. The van der Waals surface area contributed by atoms with E-state index >= 15 is 0 Å². The van der Waals surface area contributed by atoms with E-state index in [0.29, 0.717) is 12.1 Å². The molecule has 2 atom stereocenters. The van der Waals surface area contributed by atoms with Crippen molar-refractivity contribution in [3.8, 4) is 0 Å². The summed E-state index contributed by atoms with van der Waals surface area (Å²) in [6, 6.07) is 6.95. The van der Waals surface area contributed by atoms with E-state index in [-0.39, 0.29) is 0 Å². The lowest BCUT2D eigenvalue weighted by molar-refractivity contribution is 0.464. The topological polar surface area (TPSA) is 24.9 Å². The van der Waals surface area contributed by atoms with Crippen LogP contribution in [-0.2, 0) is 6.42 Å². The van der Waals surface area contributed by atoms with Crippen LogP contribution in [0.1, 0.15) is 46.4 Å². The first-order valence-corrected chi connectivity index (χ1v) is 7.79. The van der Waals surface area contributed by atoms with Crippen LogP contribution in [0.2, 0.25) is 5.02 Å². The number of benzene rings is 1. The molecule has 1 aliphatic rings. The van der Waals surface area contributed by atoms with Gasteiger partial charge in [0, 0.05) is 22.1 Å². The van der Waals surface area contributed by atoms with E-state index in [0.717, 1.165) is 17.9 Å². The molecule has 1 aliphatic carbocycles. The maximum Gasteiger partial charge on any atom is 0.109 e. The van der Waals surface area contributed by atoms with Crippen LogP contribution in [0.25, 0.3) is 0 Å². The summed E-state index contributed by atoms with van der Waals surface area (Å²) in [6.45, 7) is 4.28. The van der Waals surface area contributed by atoms with Crippen LogP contribution >= 0.6 is 22.9 Å². The van der Waals surface area contributed by atoms with Crippen LogP contribution in [0, 0.1) is 6.92 Å². The van der Waals surface area contributed by atoms with Crippen molar-refractivity contribution in [1.29, 1.82) is 0 Å². The highest BCUT2D eigenvalue weighted by Crippen LogP contribution is 2.34. The van der Waals surface area contributed by atoms with Crippen molar-refractivity contribution in [3.05, 3.63) is 50.4 Å². The Kier molecular flexibility index (Phi) is 3.61. The number of nitrogens with one attached hydrogen (secondary N) is 1. The monoisotopic (exact) mass is 292 g/mol. The minimum absolute atomic E-state index is 0.297. The van der Waals surface area contributed by atoms with Gasteiger partial charge in [0.15, 0.2) is 0 Å². The van der Waals surface area contributed by atoms with E-state index in [1.165, 1.54) is 21.0 Å². The van der Waals surface area contributed by atoms with Gasteiger partial charge in [-0.05, 0) is 49.9 Å². The Morgan fingerprint density at radius 1 is 1.47 bits per heavy atom. The molecule has 1 aromatic carbocycles. The van der Waals surface area contributed by atoms with E-state index in [9.17, 15) is 0 Å². The molecule has 2 nitrogen and oxygen atoms in total. The molecule has 1 N–H and O–H groups in total. The highest BCUT2D eigenvalue weighted by atomic mass is 35.5. The van der Waals surface area contributed by atoms with Crippen LogP contribution in [0.4, 0.5) is 0 Å². The third-order valence-electron chi connectivity index (χ3n) is 3.64. The molecule has 1 aromatic heterocycles. The van der Waals surface area contributed by atoms with Gasteiger partial charge in [0.2, 0.25) is 0 Å². The van der Waals surface area contributed by atoms with Gasteiger partial charge in [-0.25, -0.2) is 4.98 Å². The zero-order chi connectivity index (χ0) is 13.4. The molecule has 0 fully saturated rings. The predicted octanol–water partition coefficient (Wildman–Crippen LogP) is 4.44. The van der Waals surface area contributed by atoms with Crippen molar-refractivity contribution >= 4 is 22.9 Å². The number of rotatable bonds is 3. The maximum absolute atomic E-state index is 6.05. The van der Waals surface area contributed by atoms with E-state index in [2.05, 4.69) is 36.3 Å². The largest absolute Gasteiger partial charge is 0.301 e. The molecule has 0 saturated heterocycles. The predicted molar refractivity (Wildman–Crippen MR) is 80.9 cm³/mol. The Hall–Kier alpha value is -0.900. The third kappa shape index (κ3) is 2.69. The summed E-state index contributed by atoms with van der Waals surface area (Å²) in [6.07, 6.45) is 4.20. The summed E-state index contributed by atoms with van der Waals surface area (Å²) < 4.78 is 0. The van der Waals surface area contributed by atoms with Crippen molar-refractivity contribution in [2.24, 2.45) is 0 Å². The highest BCUT2D eigenvalue weighted by Gasteiger charge is 2.24. The number of nitrogens with zero attached hydrogens (tertiary/aromatic N) is 1. The van der Waals surface area contributed by atoms with Crippen molar-refractivity contribution in [2.45, 2.75) is 38.8 Å². The average molecular weight is 293 g/mol. The molecule has 0 amide bonds. The smallest absolute Gasteiger partial charge is 0.109 e. The molecule has 0 unspecified atom stereocenters. The van der Waals surface area contributed by atoms with Crippen LogP contribution in [0.3, 0.4) is 0 Å². The average Bonchev–Trinajstić information content (AvgIpc) is 2.96. The summed E-state index contributed by atoms with van der Waals surface area (Å²) in [5, 5.41) is 5.69. The zero-order valence-electron chi connectivity index (χ0n) is 11.1. The van der Waals surface area contributed by atoms with Crippen molar-refractivity contribution in [2.75, 3.05) is 0 Å². The summed E-state index contributed by atoms with van der Waals surface area (Å²) in [5.41, 5.74) is 2.78. The van der Waals surface area contributed by atoms with E-state index in [1.807, 2.05) is 12.3 Å². The normalized spacial score (nSPS) is 19.4. The number of hydrogen-bond acceptors (Lipinski definition) is 3. The van der Waals surface area contributed by atoms with Gasteiger partial charge in [0.25, 0.3) is 0 Å². The Morgan fingerprint density at radius 3 is 3.05 bits per heavy atom. The summed E-state index contributed by atoms with van der Waals surface area (Å²) in [5.74, 6) is 0. The highest BCUT2D eigenvalue weighted by molar-refractivity contribution is 7.11. The first-order chi connectivity index (χ1) is 9.13. The van der Waals surface area contributed by atoms with Gasteiger partial charge >= 0.3 is 0 Å². The molecule has 0 spiro atoms. The number of thiazole rings is 1.